The van der Waals surface area contributed by atoms with Crippen LogP contribution in [0.5, 0.6) is 0 Å². The van der Waals surface area contributed by atoms with E-state index in [9.17, 15) is 13.5 Å². The molecule has 0 bridgehead atoms. The maximum atomic E-state index is 11.2. The molecule has 1 aliphatic heterocycles. The molecule has 0 saturated carbocycles. The quantitative estimate of drug-likeness (QED) is 0.848. The number of hydrogen-bond acceptors (Lipinski definition) is 4. The lowest BCUT2D eigenvalue weighted by atomic mass is 9.83. The van der Waals surface area contributed by atoms with E-state index in [4.69, 9.17) is 5.14 Å². The van der Waals surface area contributed by atoms with Crippen molar-refractivity contribution < 1.29 is 13.5 Å². The Morgan fingerprint density at radius 3 is 2.57 bits per heavy atom. The van der Waals surface area contributed by atoms with E-state index in [0.29, 0.717) is 0 Å². The van der Waals surface area contributed by atoms with Gasteiger partial charge in [-0.15, -0.1) is 0 Å². The number of aliphatic hydroxyl groups excluding tert-OH is 1. The van der Waals surface area contributed by atoms with Crippen LogP contribution < -0.4 is 5.14 Å². The first-order valence-electron chi connectivity index (χ1n) is 7.27. The highest BCUT2D eigenvalue weighted by atomic mass is 32.2. The van der Waals surface area contributed by atoms with Gasteiger partial charge in [0, 0.05) is 25.1 Å². The minimum absolute atomic E-state index is 0.00966. The topological polar surface area (TPSA) is 83.6 Å². The Bertz CT molecular complexity index is 571. The van der Waals surface area contributed by atoms with E-state index < -0.39 is 10.0 Å². The molecule has 0 aliphatic carbocycles. The lowest BCUT2D eigenvalue weighted by Crippen LogP contribution is -2.44. The zero-order valence-electron chi connectivity index (χ0n) is 12.5. The number of likely N-dealkylation sites (tertiary alicyclic amines) is 1. The van der Waals surface area contributed by atoms with Crippen LogP contribution in [-0.4, -0.2) is 44.7 Å². The Balaban J connectivity index is 1.91. The van der Waals surface area contributed by atoms with E-state index in [2.05, 4.69) is 11.8 Å². The van der Waals surface area contributed by atoms with E-state index in [1.165, 1.54) is 0 Å². The maximum Gasteiger partial charge on any atom is 0.238 e. The second-order valence-corrected chi connectivity index (χ2v) is 7.85. The number of rotatable bonds is 5. The summed E-state index contributed by atoms with van der Waals surface area (Å²) in [6, 6.07) is 6.74. The van der Waals surface area contributed by atoms with E-state index in [-0.39, 0.29) is 16.9 Å². The van der Waals surface area contributed by atoms with Gasteiger partial charge in [-0.1, -0.05) is 19.1 Å². The molecule has 5 nitrogen and oxygen atoms in total. The van der Waals surface area contributed by atoms with Gasteiger partial charge in [0.05, 0.1) is 4.90 Å². The van der Waals surface area contributed by atoms with Crippen LogP contribution >= 0.6 is 0 Å². The van der Waals surface area contributed by atoms with Crippen molar-refractivity contribution in [1.29, 1.82) is 0 Å². The molecule has 1 aromatic rings. The highest BCUT2D eigenvalue weighted by molar-refractivity contribution is 7.89. The van der Waals surface area contributed by atoms with Crippen LogP contribution in [0.1, 0.15) is 25.3 Å². The third-order valence-electron chi connectivity index (χ3n) is 4.21. The minimum atomic E-state index is -3.61. The monoisotopic (exact) mass is 312 g/mol. The van der Waals surface area contributed by atoms with Gasteiger partial charge in [-0.25, -0.2) is 13.6 Å². The third kappa shape index (κ3) is 4.51. The van der Waals surface area contributed by atoms with Crippen molar-refractivity contribution in [3.8, 4) is 0 Å². The van der Waals surface area contributed by atoms with Gasteiger partial charge in [0.2, 0.25) is 10.0 Å². The van der Waals surface area contributed by atoms with E-state index in [0.717, 1.165) is 44.5 Å². The van der Waals surface area contributed by atoms with Crippen molar-refractivity contribution in [1.82, 2.24) is 4.90 Å². The molecule has 0 spiro atoms. The summed E-state index contributed by atoms with van der Waals surface area (Å²) < 4.78 is 22.4. The van der Waals surface area contributed by atoms with Crippen molar-refractivity contribution in [2.75, 3.05) is 26.2 Å². The van der Waals surface area contributed by atoms with Crippen LogP contribution in [0.3, 0.4) is 0 Å². The third-order valence-corrected chi connectivity index (χ3v) is 5.14. The van der Waals surface area contributed by atoms with Gasteiger partial charge in [-0.3, -0.25) is 0 Å². The molecule has 0 radical (unpaired) electrons. The Morgan fingerprint density at radius 1 is 1.33 bits per heavy atom. The number of aliphatic hydroxyl groups is 1. The Labute approximate surface area is 126 Å². The van der Waals surface area contributed by atoms with Gasteiger partial charge >= 0.3 is 0 Å². The Morgan fingerprint density at radius 2 is 2.00 bits per heavy atom. The molecule has 1 saturated heterocycles. The molecular weight excluding hydrogens is 288 g/mol. The summed E-state index contributed by atoms with van der Waals surface area (Å²) in [5.41, 5.74) is 1.11. The normalized spacial score (nSPS) is 24.1. The lowest BCUT2D eigenvalue weighted by molar-refractivity contribution is 0.0472. The summed E-state index contributed by atoms with van der Waals surface area (Å²) in [5, 5.41) is 14.5. The van der Waals surface area contributed by atoms with Crippen LogP contribution in [0, 0.1) is 5.41 Å². The van der Waals surface area contributed by atoms with Crippen LogP contribution in [0.2, 0.25) is 0 Å². The highest BCUT2D eigenvalue weighted by Crippen LogP contribution is 2.28. The fourth-order valence-electron chi connectivity index (χ4n) is 2.88. The predicted octanol–water partition coefficient (Wildman–Crippen LogP) is 0.971. The molecule has 0 amide bonds. The number of nitrogens with zero attached hydrogens (tertiary/aromatic N) is 1. The molecule has 1 heterocycles. The molecule has 118 valence electrons. The van der Waals surface area contributed by atoms with Crippen LogP contribution in [-0.2, 0) is 16.4 Å². The number of primary sulfonamides is 1. The fraction of sp³-hybridized carbons (Fsp3) is 0.600. The molecule has 3 N–H and O–H groups in total. The van der Waals surface area contributed by atoms with E-state index in [1.807, 2.05) is 12.1 Å². The first-order valence-corrected chi connectivity index (χ1v) is 8.82. The summed E-state index contributed by atoms with van der Waals surface area (Å²) >= 11 is 0. The van der Waals surface area contributed by atoms with Gasteiger partial charge in [0.1, 0.15) is 0 Å². The van der Waals surface area contributed by atoms with Crippen molar-refractivity contribution in [3.05, 3.63) is 29.8 Å². The van der Waals surface area contributed by atoms with Crippen molar-refractivity contribution in [2.24, 2.45) is 10.6 Å². The van der Waals surface area contributed by atoms with Crippen LogP contribution in [0.25, 0.3) is 0 Å². The van der Waals surface area contributed by atoms with Crippen molar-refractivity contribution >= 4 is 10.0 Å². The van der Waals surface area contributed by atoms with Gasteiger partial charge in [0.15, 0.2) is 0 Å². The van der Waals surface area contributed by atoms with E-state index in [1.54, 1.807) is 12.1 Å². The average molecular weight is 312 g/mol. The Hall–Kier alpha value is -0.950. The summed E-state index contributed by atoms with van der Waals surface area (Å²) in [6.07, 6.45) is 3.05. The van der Waals surface area contributed by atoms with Crippen molar-refractivity contribution in [2.45, 2.75) is 31.1 Å². The molecule has 1 fully saturated rings. The molecule has 2 rings (SSSR count). The zero-order chi connectivity index (χ0) is 15.5. The molecule has 0 aromatic heterocycles. The Kier molecular flexibility index (Phi) is 5.03. The van der Waals surface area contributed by atoms with Crippen molar-refractivity contribution in [3.63, 3.8) is 0 Å². The molecule has 1 atom stereocenters. The molecule has 6 heteroatoms. The summed E-state index contributed by atoms with van der Waals surface area (Å²) in [6.45, 7) is 5.25. The second-order valence-electron chi connectivity index (χ2n) is 6.29. The number of benzene rings is 1. The summed E-state index contributed by atoms with van der Waals surface area (Å²) in [5.74, 6) is 0. The SMILES string of the molecule is CC1(CO)CCCN(CCc2ccc(S(N)(=O)=O)cc2)C1. The smallest absolute Gasteiger partial charge is 0.238 e. The molecule has 1 aliphatic rings. The maximum absolute atomic E-state index is 11.2. The van der Waals surface area contributed by atoms with Crippen LogP contribution in [0.15, 0.2) is 29.2 Å². The summed E-state index contributed by atoms with van der Waals surface area (Å²) in [4.78, 5) is 2.52. The fourth-order valence-corrected chi connectivity index (χ4v) is 3.40. The van der Waals surface area contributed by atoms with Gasteiger partial charge in [-0.2, -0.15) is 0 Å². The van der Waals surface area contributed by atoms with Gasteiger partial charge in [-0.05, 0) is 43.5 Å². The lowest BCUT2D eigenvalue weighted by Gasteiger charge is -2.39. The molecule has 1 unspecified atom stereocenters. The number of hydrogen-bond donors (Lipinski definition) is 2. The van der Waals surface area contributed by atoms with Crippen LogP contribution in [0.4, 0.5) is 0 Å². The zero-order valence-corrected chi connectivity index (χ0v) is 13.3. The minimum Gasteiger partial charge on any atom is -0.396 e. The predicted molar refractivity (Wildman–Crippen MR) is 82.4 cm³/mol. The average Bonchev–Trinajstić information content (AvgIpc) is 2.45. The van der Waals surface area contributed by atoms with E-state index >= 15 is 0 Å². The molecular formula is C15H24N2O3S. The van der Waals surface area contributed by atoms with Gasteiger partial charge in [0.25, 0.3) is 0 Å². The standard InChI is InChI=1S/C15H24N2O3S/c1-15(12-18)8-2-9-17(11-15)10-7-13-3-5-14(6-4-13)21(16,19)20/h3-6,18H,2,7-12H2,1H3,(H2,16,19,20). The number of piperidine rings is 1. The number of sulfonamides is 1. The first-order chi connectivity index (χ1) is 9.82. The molecule has 1 aromatic carbocycles. The first kappa shape index (κ1) is 16.4. The summed E-state index contributed by atoms with van der Waals surface area (Å²) in [7, 11) is -3.61. The highest BCUT2D eigenvalue weighted by Gasteiger charge is 2.29. The number of nitrogens with two attached hydrogens (primary N) is 1. The molecule has 21 heavy (non-hydrogen) atoms. The largest absolute Gasteiger partial charge is 0.396 e. The van der Waals surface area contributed by atoms with Gasteiger partial charge < -0.3 is 10.0 Å². The second kappa shape index (κ2) is 6.44.